The normalized spacial score (nSPS) is 15.0. The van der Waals surface area contributed by atoms with Gasteiger partial charge in [0.25, 0.3) is 0 Å². The first-order valence-electron chi connectivity index (χ1n) is 13.8. The molecule has 2 heterocycles. The molecule has 228 valence electrons. The third-order valence-electron chi connectivity index (χ3n) is 6.65. The van der Waals surface area contributed by atoms with Gasteiger partial charge in [-0.3, -0.25) is 0 Å². The topological polar surface area (TPSA) is 85.0 Å². The molecule has 1 saturated heterocycles. The van der Waals surface area contributed by atoms with Crippen molar-refractivity contribution in [2.75, 3.05) is 17.2 Å². The highest BCUT2D eigenvalue weighted by Crippen LogP contribution is 2.33. The third kappa shape index (κ3) is 7.90. The SMILES string of the molecule is CC(C)c1cc(F)ccc1N1CCCSC1=NC(=O)N=CCc1ccc(-c2ncn(-c3ccc(OC(F)(F)F)cc3)n2)cc1. The summed E-state index contributed by atoms with van der Waals surface area (Å²) in [5, 5.41) is 4.95. The van der Waals surface area contributed by atoms with Crippen molar-refractivity contribution in [3.63, 3.8) is 0 Å². The number of carbonyl (C=O) groups excluding carboxylic acids is 1. The maximum absolute atomic E-state index is 13.9. The minimum atomic E-state index is -4.76. The predicted molar refractivity (Wildman–Crippen MR) is 163 cm³/mol. The van der Waals surface area contributed by atoms with Gasteiger partial charge in [-0.15, -0.1) is 18.3 Å². The van der Waals surface area contributed by atoms with Crippen molar-refractivity contribution in [3.05, 3.63) is 90.0 Å². The Labute approximate surface area is 255 Å². The summed E-state index contributed by atoms with van der Waals surface area (Å²) in [4.78, 5) is 27.1. The molecule has 44 heavy (non-hydrogen) atoms. The molecule has 0 spiro atoms. The predicted octanol–water partition coefficient (Wildman–Crippen LogP) is 7.83. The molecule has 13 heteroatoms. The van der Waals surface area contributed by atoms with E-state index in [1.165, 1.54) is 65.4 Å². The van der Waals surface area contributed by atoms with Crippen LogP contribution in [0.25, 0.3) is 17.1 Å². The lowest BCUT2D eigenvalue weighted by Gasteiger charge is -2.31. The Balaban J connectivity index is 1.21. The van der Waals surface area contributed by atoms with E-state index >= 15 is 0 Å². The summed E-state index contributed by atoms with van der Waals surface area (Å²) >= 11 is 1.48. The molecule has 5 rings (SSSR count). The molecule has 3 aromatic carbocycles. The zero-order valence-corrected chi connectivity index (χ0v) is 24.6. The van der Waals surface area contributed by atoms with Gasteiger partial charge in [0.2, 0.25) is 0 Å². The number of urea groups is 1. The zero-order chi connectivity index (χ0) is 31.3. The van der Waals surface area contributed by atoms with Crippen molar-refractivity contribution < 1.29 is 27.1 Å². The van der Waals surface area contributed by atoms with Crippen LogP contribution in [0, 0.1) is 5.82 Å². The number of thioether (sulfide) groups is 1. The fraction of sp³-hybridized carbons (Fsp3) is 0.258. The van der Waals surface area contributed by atoms with E-state index < -0.39 is 12.4 Å². The van der Waals surface area contributed by atoms with E-state index in [0.717, 1.165) is 34.6 Å². The number of hydrogen-bond donors (Lipinski definition) is 0. The Morgan fingerprint density at radius 3 is 2.55 bits per heavy atom. The van der Waals surface area contributed by atoms with Gasteiger partial charge in [-0.1, -0.05) is 49.9 Å². The Bertz CT molecular complexity index is 1670. The number of amides is 2. The average molecular weight is 625 g/mol. The zero-order valence-electron chi connectivity index (χ0n) is 23.8. The van der Waals surface area contributed by atoms with Crippen LogP contribution in [0.15, 0.2) is 83.0 Å². The molecule has 1 aliphatic rings. The smallest absolute Gasteiger partial charge is 0.406 e. The number of alkyl halides is 3. The summed E-state index contributed by atoms with van der Waals surface area (Å²) in [7, 11) is 0. The molecule has 4 aromatic rings. The molecule has 0 saturated carbocycles. The van der Waals surface area contributed by atoms with Crippen LogP contribution in [0.3, 0.4) is 0 Å². The molecule has 8 nitrogen and oxygen atoms in total. The fourth-order valence-electron chi connectivity index (χ4n) is 4.56. The third-order valence-corrected chi connectivity index (χ3v) is 7.71. The lowest BCUT2D eigenvalue weighted by atomic mass is 10.00. The minimum Gasteiger partial charge on any atom is -0.406 e. The van der Waals surface area contributed by atoms with Crippen molar-refractivity contribution in [1.29, 1.82) is 0 Å². The molecule has 0 bridgehead atoms. The van der Waals surface area contributed by atoms with Crippen molar-refractivity contribution >= 4 is 34.9 Å². The van der Waals surface area contributed by atoms with Crippen molar-refractivity contribution in [3.8, 4) is 22.8 Å². The molecule has 1 aromatic heterocycles. The van der Waals surface area contributed by atoms with Gasteiger partial charge in [0.15, 0.2) is 11.0 Å². The molecule has 0 N–H and O–H groups in total. The van der Waals surface area contributed by atoms with Crippen molar-refractivity contribution in [2.45, 2.75) is 39.0 Å². The van der Waals surface area contributed by atoms with Crippen molar-refractivity contribution in [1.82, 2.24) is 14.8 Å². The molecular formula is C31H28F4N6O2S. The first-order valence-corrected chi connectivity index (χ1v) is 14.8. The standard InChI is InChI=1S/C31H28F4N6O2S/c1-20(2)26-18-23(32)8-13-27(26)40-16-3-17-44-30(40)38-29(42)36-15-14-21-4-6-22(7-5-21)28-37-19-41(39-28)24-9-11-25(12-10-24)43-31(33,34)35/h4-13,15,18-20H,3,14,16-17H2,1-2H3. The Morgan fingerprint density at radius 1 is 1.09 bits per heavy atom. The second-order valence-electron chi connectivity index (χ2n) is 10.2. The van der Waals surface area contributed by atoms with Crippen LogP contribution in [0.2, 0.25) is 0 Å². The molecule has 0 atom stereocenters. The Morgan fingerprint density at radius 2 is 1.84 bits per heavy atom. The number of hydrogen-bond acceptors (Lipinski definition) is 5. The fourth-order valence-corrected chi connectivity index (χ4v) is 5.50. The average Bonchev–Trinajstić information content (AvgIpc) is 3.48. The number of aliphatic imine (C=N–C) groups is 2. The molecule has 0 unspecified atom stereocenters. The van der Waals surface area contributed by atoms with Gasteiger partial charge >= 0.3 is 12.4 Å². The maximum atomic E-state index is 13.9. The largest absolute Gasteiger partial charge is 0.573 e. The van der Waals surface area contributed by atoms with E-state index in [9.17, 15) is 22.4 Å². The van der Waals surface area contributed by atoms with Crippen LogP contribution < -0.4 is 9.64 Å². The highest BCUT2D eigenvalue weighted by molar-refractivity contribution is 8.14. The van der Waals surface area contributed by atoms with Gasteiger partial charge in [0, 0.05) is 36.2 Å². The Kier molecular flexibility index (Phi) is 9.43. The minimum absolute atomic E-state index is 0.1000. The summed E-state index contributed by atoms with van der Waals surface area (Å²) in [6.45, 7) is 4.68. The van der Waals surface area contributed by atoms with Crippen LogP contribution in [0.1, 0.15) is 37.3 Å². The maximum Gasteiger partial charge on any atom is 0.573 e. The highest BCUT2D eigenvalue weighted by atomic mass is 32.2. The highest BCUT2D eigenvalue weighted by Gasteiger charge is 2.31. The number of aromatic nitrogens is 3. The van der Waals surface area contributed by atoms with Gasteiger partial charge < -0.3 is 9.64 Å². The number of halogens is 4. The van der Waals surface area contributed by atoms with Crippen LogP contribution in [-0.4, -0.2) is 50.8 Å². The Hall–Kier alpha value is -4.52. The molecule has 1 fully saturated rings. The van der Waals surface area contributed by atoms with Gasteiger partial charge in [-0.2, -0.15) is 4.99 Å². The van der Waals surface area contributed by atoms with E-state index in [-0.39, 0.29) is 17.5 Å². The summed E-state index contributed by atoms with van der Waals surface area (Å²) in [5.74, 6) is 0.737. The molecular weight excluding hydrogens is 596 g/mol. The number of ether oxygens (including phenoxy) is 1. The second-order valence-corrected chi connectivity index (χ2v) is 11.2. The molecule has 1 aliphatic heterocycles. The second kappa shape index (κ2) is 13.4. The van der Waals surface area contributed by atoms with E-state index in [1.807, 2.05) is 43.0 Å². The summed E-state index contributed by atoms with van der Waals surface area (Å²) < 4.78 is 56.4. The summed E-state index contributed by atoms with van der Waals surface area (Å²) in [6, 6.07) is 16.8. The first-order chi connectivity index (χ1) is 21.1. The molecule has 0 radical (unpaired) electrons. The molecule has 2 amide bonds. The van der Waals surface area contributed by atoms with Crippen LogP contribution in [-0.2, 0) is 6.42 Å². The van der Waals surface area contributed by atoms with E-state index in [1.54, 1.807) is 6.07 Å². The van der Waals surface area contributed by atoms with Crippen LogP contribution in [0.4, 0.5) is 28.0 Å². The van der Waals surface area contributed by atoms with E-state index in [2.05, 4.69) is 24.8 Å². The number of amidine groups is 1. The quantitative estimate of drug-likeness (QED) is 0.154. The van der Waals surface area contributed by atoms with Crippen molar-refractivity contribution in [2.24, 2.45) is 9.98 Å². The monoisotopic (exact) mass is 624 g/mol. The number of carbonyl (C=O) groups is 1. The first kappa shape index (κ1) is 30.9. The lowest BCUT2D eigenvalue weighted by molar-refractivity contribution is -0.274. The van der Waals surface area contributed by atoms with Gasteiger partial charge in [-0.05, 0) is 65.9 Å². The van der Waals surface area contributed by atoms with Gasteiger partial charge in [0.1, 0.15) is 17.9 Å². The lowest BCUT2D eigenvalue weighted by Crippen LogP contribution is -2.35. The van der Waals surface area contributed by atoms with E-state index in [4.69, 9.17) is 0 Å². The number of benzene rings is 3. The summed E-state index contributed by atoms with van der Waals surface area (Å²) in [6.07, 6.45) is -0.471. The van der Waals surface area contributed by atoms with Crippen LogP contribution in [0.5, 0.6) is 5.75 Å². The number of nitrogens with zero attached hydrogens (tertiary/aromatic N) is 6. The summed E-state index contributed by atoms with van der Waals surface area (Å²) in [5.41, 5.74) is 3.86. The number of rotatable bonds is 7. The molecule has 0 aliphatic carbocycles. The van der Waals surface area contributed by atoms with Gasteiger partial charge in [-0.25, -0.2) is 23.8 Å². The number of anilines is 1. The van der Waals surface area contributed by atoms with Crippen LogP contribution >= 0.6 is 11.8 Å². The van der Waals surface area contributed by atoms with Gasteiger partial charge in [0.05, 0.1) is 5.69 Å². The van der Waals surface area contributed by atoms with E-state index in [0.29, 0.717) is 29.6 Å².